The molecule has 37 heavy (non-hydrogen) atoms. The van der Waals surface area contributed by atoms with Gasteiger partial charge in [-0.2, -0.15) is 0 Å². The molecule has 210 valence electrons. The first kappa shape index (κ1) is 26.3. The zero-order valence-corrected chi connectivity index (χ0v) is 26.2. The largest absolute Gasteiger partial charge is 0.414 e. The van der Waals surface area contributed by atoms with Crippen molar-refractivity contribution in [3.05, 3.63) is 0 Å². The number of ether oxygens (including phenoxy) is 3. The first-order chi connectivity index (χ1) is 17.8. The van der Waals surface area contributed by atoms with Crippen molar-refractivity contribution in [2.45, 2.75) is 151 Å². The van der Waals surface area contributed by atoms with E-state index in [9.17, 15) is 0 Å². The highest BCUT2D eigenvalue weighted by Crippen LogP contribution is 2.46. The van der Waals surface area contributed by atoms with E-state index < -0.39 is 25.7 Å². The van der Waals surface area contributed by atoms with E-state index in [1.165, 1.54) is 64.2 Å². The van der Waals surface area contributed by atoms with E-state index in [4.69, 9.17) is 31.6 Å². The zero-order chi connectivity index (χ0) is 25.3. The molecule has 3 saturated carbocycles. The Morgan fingerprint density at radius 3 is 1.16 bits per heavy atom. The molecule has 0 aromatic rings. The van der Waals surface area contributed by atoms with Gasteiger partial charge in [-0.3, -0.25) is 9.15 Å². The zero-order valence-electron chi connectivity index (χ0n) is 23.2. The number of hydrogen-bond acceptors (Lipinski definition) is 7. The Kier molecular flexibility index (Phi) is 7.12. The fourth-order valence-corrected chi connectivity index (χ4v) is 22.2. The molecule has 7 aliphatic rings. The van der Waals surface area contributed by atoms with Gasteiger partial charge in [0.15, 0.2) is 0 Å². The van der Waals surface area contributed by atoms with Gasteiger partial charge in [0.1, 0.15) is 0 Å². The highest BCUT2D eigenvalue weighted by atomic mass is 28.5. The number of fused-ring (bicyclic) bond motifs is 3. The Labute approximate surface area is 226 Å². The molecule has 0 spiro atoms. The van der Waals surface area contributed by atoms with Crippen LogP contribution in [-0.4, -0.2) is 62.3 Å². The smallest absolute Gasteiger partial charge is 0.362 e. The Morgan fingerprint density at radius 2 is 0.811 bits per heavy atom. The summed E-state index contributed by atoms with van der Waals surface area (Å²) in [6.45, 7) is 6.82. The van der Waals surface area contributed by atoms with Gasteiger partial charge in [0, 0.05) is 0 Å². The monoisotopic (exact) mass is 568 g/mol. The number of epoxide rings is 3. The lowest BCUT2D eigenvalue weighted by molar-refractivity contribution is -0.146. The predicted molar refractivity (Wildman–Crippen MR) is 145 cm³/mol. The van der Waals surface area contributed by atoms with Crippen molar-refractivity contribution in [1.82, 2.24) is 0 Å². The minimum atomic E-state index is -2.50. The Morgan fingerprint density at radius 1 is 0.459 bits per heavy atom. The molecule has 0 aromatic carbocycles. The molecular formula is C27H48O7Si3. The molecule has 3 aliphatic carbocycles. The third-order valence-electron chi connectivity index (χ3n) is 10.6. The molecule has 11 atom stereocenters. The molecule has 7 rings (SSSR count). The second-order valence-electron chi connectivity index (χ2n) is 14.1. The van der Waals surface area contributed by atoms with E-state index in [0.29, 0.717) is 36.6 Å². The normalized spacial score (nSPS) is 54.4. The molecule has 0 radical (unpaired) electrons. The molecule has 10 heteroatoms. The van der Waals surface area contributed by atoms with Crippen LogP contribution in [0.3, 0.4) is 0 Å². The SMILES string of the molecule is C[Si]1(CCC2CCC3OC3C2)OO[Si](C)(CCC2CCC3OC3C2)O[Si](C)(CCC2CCC3OC3C2)O1. The predicted octanol–water partition coefficient (Wildman–Crippen LogP) is 6.07. The third-order valence-corrected chi connectivity index (χ3v) is 22.2. The van der Waals surface area contributed by atoms with Crippen LogP contribution in [0.15, 0.2) is 0 Å². The minimum Gasteiger partial charge on any atom is -0.414 e. The van der Waals surface area contributed by atoms with Crippen LogP contribution >= 0.6 is 0 Å². The Bertz CT molecular complexity index is 803. The molecule has 7 nitrogen and oxygen atoms in total. The summed E-state index contributed by atoms with van der Waals surface area (Å²) in [7, 11) is -7.46. The summed E-state index contributed by atoms with van der Waals surface area (Å²) < 4.78 is 44.5. The van der Waals surface area contributed by atoms with Crippen molar-refractivity contribution in [2.24, 2.45) is 17.8 Å². The van der Waals surface area contributed by atoms with Crippen molar-refractivity contribution < 1.29 is 31.6 Å². The van der Waals surface area contributed by atoms with Crippen LogP contribution in [0, 0.1) is 17.8 Å². The maximum atomic E-state index is 7.11. The summed E-state index contributed by atoms with van der Waals surface area (Å²) in [6, 6.07) is 3.04. The lowest BCUT2D eigenvalue weighted by Gasteiger charge is -2.36. The van der Waals surface area contributed by atoms with Gasteiger partial charge in [0.05, 0.1) is 36.6 Å². The average molecular weight is 569 g/mol. The van der Waals surface area contributed by atoms with Crippen LogP contribution in [0.4, 0.5) is 0 Å². The second kappa shape index (κ2) is 10.0. The first-order valence-electron chi connectivity index (χ1n) is 15.5. The van der Waals surface area contributed by atoms with E-state index in [1.807, 2.05) is 0 Å². The Balaban J connectivity index is 1.00. The molecule has 4 heterocycles. The summed E-state index contributed by atoms with van der Waals surface area (Å²) in [5, 5.41) is 0. The van der Waals surface area contributed by atoms with Crippen LogP contribution in [0.5, 0.6) is 0 Å². The summed E-state index contributed by atoms with van der Waals surface area (Å²) in [5.74, 6) is 2.21. The Hall–Kier alpha value is 0.371. The molecule has 4 aliphatic heterocycles. The fourth-order valence-electron chi connectivity index (χ4n) is 8.08. The van der Waals surface area contributed by atoms with Gasteiger partial charge in [-0.25, -0.2) is 0 Å². The fraction of sp³-hybridized carbons (Fsp3) is 1.00. The van der Waals surface area contributed by atoms with Crippen molar-refractivity contribution in [2.75, 3.05) is 0 Å². The molecule has 11 unspecified atom stereocenters. The lowest BCUT2D eigenvalue weighted by Crippen LogP contribution is -2.52. The van der Waals surface area contributed by atoms with Crippen molar-refractivity contribution in [1.29, 1.82) is 0 Å². The second-order valence-corrected chi connectivity index (χ2v) is 24.3. The average Bonchev–Trinajstić information content (AvgIpc) is 3.75. The van der Waals surface area contributed by atoms with Crippen LogP contribution in [0.1, 0.15) is 77.0 Å². The topological polar surface area (TPSA) is 74.5 Å². The molecule has 0 N–H and O–H groups in total. The van der Waals surface area contributed by atoms with E-state index in [2.05, 4.69) is 19.6 Å². The summed E-state index contributed by atoms with van der Waals surface area (Å²) in [5.41, 5.74) is 0. The summed E-state index contributed by atoms with van der Waals surface area (Å²) in [4.78, 5) is 0. The molecule has 0 aromatic heterocycles. The quantitative estimate of drug-likeness (QED) is 0.190. The lowest BCUT2D eigenvalue weighted by atomic mass is 9.88. The first-order valence-corrected chi connectivity index (χ1v) is 23.1. The highest BCUT2D eigenvalue weighted by molar-refractivity contribution is 6.87. The van der Waals surface area contributed by atoms with Crippen LogP contribution in [0.25, 0.3) is 0 Å². The summed E-state index contributed by atoms with van der Waals surface area (Å²) in [6.07, 6.45) is 18.0. The third kappa shape index (κ3) is 6.33. The minimum absolute atomic E-state index is 0.528. The van der Waals surface area contributed by atoms with Crippen molar-refractivity contribution in [3.8, 4) is 0 Å². The maximum Gasteiger partial charge on any atom is 0.362 e. The van der Waals surface area contributed by atoms with Gasteiger partial charge in [-0.05, 0) is 133 Å². The van der Waals surface area contributed by atoms with Gasteiger partial charge in [0.2, 0.25) is 0 Å². The van der Waals surface area contributed by atoms with E-state index in [0.717, 1.165) is 48.7 Å². The molecule has 4 saturated heterocycles. The van der Waals surface area contributed by atoms with Gasteiger partial charge >= 0.3 is 25.7 Å². The van der Waals surface area contributed by atoms with Crippen LogP contribution in [0.2, 0.25) is 37.8 Å². The maximum absolute atomic E-state index is 7.11. The molecular weight excluding hydrogens is 521 g/mol. The molecule has 7 fully saturated rings. The summed E-state index contributed by atoms with van der Waals surface area (Å²) >= 11 is 0. The van der Waals surface area contributed by atoms with Gasteiger partial charge < -0.3 is 22.4 Å². The number of hydrogen-bond donors (Lipinski definition) is 0. The standard InChI is InChI=1S/C27H48O7Si3/c1-35(13-10-19-4-7-22-25(16-19)28-22)31-32-36(2,14-11-20-5-8-23-26(17-20)29-23)34-37(3,33-35)15-12-21-6-9-24-27(18-21)30-24/h19-27H,4-18H2,1-3H3. The van der Waals surface area contributed by atoms with Gasteiger partial charge in [0.25, 0.3) is 0 Å². The van der Waals surface area contributed by atoms with Crippen LogP contribution in [-0.2, 0) is 31.6 Å². The van der Waals surface area contributed by atoms with Gasteiger partial charge in [-0.15, -0.1) is 0 Å². The van der Waals surface area contributed by atoms with E-state index >= 15 is 0 Å². The highest BCUT2D eigenvalue weighted by Gasteiger charge is 2.55. The molecule has 0 amide bonds. The van der Waals surface area contributed by atoms with Gasteiger partial charge in [-0.1, -0.05) is 0 Å². The van der Waals surface area contributed by atoms with Crippen LogP contribution < -0.4 is 0 Å². The van der Waals surface area contributed by atoms with Crippen molar-refractivity contribution in [3.63, 3.8) is 0 Å². The van der Waals surface area contributed by atoms with E-state index in [1.54, 1.807) is 0 Å². The van der Waals surface area contributed by atoms with Crippen molar-refractivity contribution >= 4 is 25.7 Å². The molecule has 0 bridgehead atoms. The number of rotatable bonds is 9. The van der Waals surface area contributed by atoms with E-state index in [-0.39, 0.29) is 0 Å².